The summed E-state index contributed by atoms with van der Waals surface area (Å²) in [6.45, 7) is 0.198. The number of hydrogen-bond acceptors (Lipinski definition) is 8. The summed E-state index contributed by atoms with van der Waals surface area (Å²) in [4.78, 5) is 23.6. The van der Waals surface area contributed by atoms with Gasteiger partial charge in [-0.05, 0) is 38.1 Å². The fourth-order valence-electron chi connectivity index (χ4n) is 2.56. The standard InChI is InChI=1S/C19H15F5N4O3S/c1-3-30-16(29)13-9(2)26-15(32-13)12-8-25-18(28-14(12)19(22,23)24)27-10-4-6-11(7-5-10)31-17(20)21/h4-8,17H,3H2,1-2H3,(H,25,27,28). The van der Waals surface area contributed by atoms with Crippen molar-refractivity contribution in [2.75, 3.05) is 11.9 Å². The highest BCUT2D eigenvalue weighted by Gasteiger charge is 2.37. The van der Waals surface area contributed by atoms with Crippen molar-refractivity contribution in [3.05, 3.63) is 46.7 Å². The van der Waals surface area contributed by atoms with Gasteiger partial charge in [0.25, 0.3) is 0 Å². The summed E-state index contributed by atoms with van der Waals surface area (Å²) in [5, 5.41) is 2.49. The molecule has 1 aromatic carbocycles. The van der Waals surface area contributed by atoms with Crippen LogP contribution in [0.1, 0.15) is 28.0 Å². The number of aryl methyl sites for hydroxylation is 1. The minimum atomic E-state index is -4.84. The molecular formula is C19H15F5N4O3S. The first kappa shape index (κ1) is 23.3. The van der Waals surface area contributed by atoms with E-state index in [0.29, 0.717) is 0 Å². The van der Waals surface area contributed by atoms with Gasteiger partial charge in [0.05, 0.1) is 17.9 Å². The van der Waals surface area contributed by atoms with Gasteiger partial charge in [-0.25, -0.2) is 19.7 Å². The average molecular weight is 474 g/mol. The van der Waals surface area contributed by atoms with Crippen molar-refractivity contribution in [1.82, 2.24) is 15.0 Å². The molecule has 7 nitrogen and oxygen atoms in total. The molecule has 0 saturated carbocycles. The SMILES string of the molecule is CCOC(=O)c1sc(-c2cnc(Nc3ccc(OC(F)F)cc3)nc2C(F)(F)F)nc1C. The smallest absolute Gasteiger partial charge is 0.434 e. The lowest BCUT2D eigenvalue weighted by molar-refractivity contribution is -0.140. The van der Waals surface area contributed by atoms with E-state index in [4.69, 9.17) is 4.74 Å². The molecule has 0 spiro atoms. The molecule has 0 aliphatic rings. The van der Waals surface area contributed by atoms with Gasteiger partial charge in [-0.3, -0.25) is 0 Å². The van der Waals surface area contributed by atoms with Gasteiger partial charge < -0.3 is 14.8 Å². The van der Waals surface area contributed by atoms with Crippen molar-refractivity contribution < 1.29 is 36.2 Å². The number of aromatic nitrogens is 3. The lowest BCUT2D eigenvalue weighted by Crippen LogP contribution is -2.12. The first-order valence-corrected chi connectivity index (χ1v) is 9.81. The number of anilines is 2. The van der Waals surface area contributed by atoms with Gasteiger partial charge in [-0.15, -0.1) is 11.3 Å². The lowest BCUT2D eigenvalue weighted by Gasteiger charge is -2.12. The van der Waals surface area contributed by atoms with E-state index in [1.165, 1.54) is 31.2 Å². The van der Waals surface area contributed by atoms with Gasteiger partial charge in [0.1, 0.15) is 15.6 Å². The minimum Gasteiger partial charge on any atom is -0.462 e. The molecule has 0 aliphatic carbocycles. The van der Waals surface area contributed by atoms with Crippen LogP contribution in [0.3, 0.4) is 0 Å². The summed E-state index contributed by atoms with van der Waals surface area (Å²) in [5.74, 6) is -1.17. The van der Waals surface area contributed by atoms with E-state index in [-0.39, 0.29) is 39.6 Å². The highest BCUT2D eigenvalue weighted by molar-refractivity contribution is 7.17. The molecule has 0 amide bonds. The van der Waals surface area contributed by atoms with Crippen LogP contribution in [0, 0.1) is 6.92 Å². The first-order chi connectivity index (χ1) is 15.1. The van der Waals surface area contributed by atoms with Gasteiger partial charge in [-0.1, -0.05) is 0 Å². The number of nitrogens with zero attached hydrogens (tertiary/aromatic N) is 3. The molecule has 0 bridgehead atoms. The zero-order valence-electron chi connectivity index (χ0n) is 16.5. The van der Waals surface area contributed by atoms with E-state index in [0.717, 1.165) is 17.5 Å². The summed E-state index contributed by atoms with van der Waals surface area (Å²) >= 11 is 0.746. The van der Waals surface area contributed by atoms with Crippen molar-refractivity contribution >= 4 is 28.9 Å². The number of esters is 1. The Hall–Kier alpha value is -3.35. The second-order valence-corrected chi connectivity index (χ2v) is 7.13. The third-order valence-corrected chi connectivity index (χ3v) is 5.05. The van der Waals surface area contributed by atoms with E-state index in [9.17, 15) is 26.7 Å². The number of halogens is 5. The Morgan fingerprint density at radius 3 is 2.47 bits per heavy atom. The average Bonchev–Trinajstić information content (AvgIpc) is 3.10. The van der Waals surface area contributed by atoms with Crippen LogP contribution in [0.15, 0.2) is 30.5 Å². The number of ether oxygens (including phenoxy) is 2. The molecule has 0 fully saturated rings. The second-order valence-electron chi connectivity index (χ2n) is 6.14. The topological polar surface area (TPSA) is 86.2 Å². The number of thiazole rings is 1. The zero-order chi connectivity index (χ0) is 23.5. The molecule has 3 aromatic rings. The number of carbonyl (C=O) groups is 1. The van der Waals surface area contributed by atoms with E-state index >= 15 is 0 Å². The van der Waals surface area contributed by atoms with E-state index in [2.05, 4.69) is 25.0 Å². The summed E-state index contributed by atoms with van der Waals surface area (Å²) in [7, 11) is 0. The Kier molecular flexibility index (Phi) is 6.87. The number of nitrogens with one attached hydrogen (secondary N) is 1. The Morgan fingerprint density at radius 2 is 1.88 bits per heavy atom. The van der Waals surface area contributed by atoms with Crippen LogP contribution in [0.2, 0.25) is 0 Å². The van der Waals surface area contributed by atoms with Gasteiger partial charge in [0.15, 0.2) is 5.69 Å². The Labute approximate surface area is 182 Å². The minimum absolute atomic E-state index is 0.0853. The molecule has 1 N–H and O–H groups in total. The molecule has 32 heavy (non-hydrogen) atoms. The molecule has 2 heterocycles. The molecule has 2 aromatic heterocycles. The molecule has 0 aliphatic heterocycles. The largest absolute Gasteiger partial charge is 0.462 e. The van der Waals surface area contributed by atoms with Gasteiger partial charge in [0.2, 0.25) is 5.95 Å². The molecule has 0 atom stereocenters. The number of benzene rings is 1. The van der Waals surface area contributed by atoms with E-state index in [1.54, 1.807) is 6.92 Å². The second kappa shape index (κ2) is 9.42. The molecular weight excluding hydrogens is 459 g/mol. The summed E-state index contributed by atoms with van der Waals surface area (Å²) < 4.78 is 74.6. The number of alkyl halides is 5. The number of hydrogen-bond donors (Lipinski definition) is 1. The fourth-order valence-corrected chi connectivity index (χ4v) is 3.53. The highest BCUT2D eigenvalue weighted by Crippen LogP contribution is 2.38. The van der Waals surface area contributed by atoms with Crippen LogP contribution >= 0.6 is 11.3 Å². The van der Waals surface area contributed by atoms with E-state index < -0.39 is 30.0 Å². The maximum atomic E-state index is 13.7. The van der Waals surface area contributed by atoms with Crippen molar-refractivity contribution in [3.8, 4) is 16.3 Å². The summed E-state index contributed by atoms with van der Waals surface area (Å²) in [6.07, 6.45) is -3.90. The van der Waals surface area contributed by atoms with Crippen LogP contribution in [0.5, 0.6) is 5.75 Å². The van der Waals surface area contributed by atoms with E-state index in [1.807, 2.05) is 0 Å². The molecule has 0 saturated heterocycles. The first-order valence-electron chi connectivity index (χ1n) is 8.99. The van der Waals surface area contributed by atoms with Gasteiger partial charge >= 0.3 is 18.8 Å². The van der Waals surface area contributed by atoms with Crippen LogP contribution in [0.25, 0.3) is 10.6 Å². The third-order valence-electron chi connectivity index (χ3n) is 3.88. The van der Waals surface area contributed by atoms with Crippen molar-refractivity contribution in [1.29, 1.82) is 0 Å². The van der Waals surface area contributed by atoms with Crippen LogP contribution in [0.4, 0.5) is 33.6 Å². The maximum Gasteiger partial charge on any atom is 0.434 e. The quantitative estimate of drug-likeness (QED) is 0.360. The summed E-state index contributed by atoms with van der Waals surface area (Å²) in [5.41, 5.74) is -1.17. The van der Waals surface area contributed by atoms with Crippen LogP contribution in [-0.4, -0.2) is 34.1 Å². The molecule has 170 valence electrons. The molecule has 0 radical (unpaired) electrons. The van der Waals surface area contributed by atoms with Gasteiger partial charge in [-0.2, -0.15) is 22.0 Å². The fraction of sp³-hybridized carbons (Fsp3) is 0.263. The lowest BCUT2D eigenvalue weighted by atomic mass is 10.2. The van der Waals surface area contributed by atoms with Crippen molar-refractivity contribution in [3.63, 3.8) is 0 Å². The predicted octanol–water partition coefficient (Wildman–Crippen LogP) is 5.45. The summed E-state index contributed by atoms with van der Waals surface area (Å²) in [6, 6.07) is 5.06. The molecule has 13 heteroatoms. The van der Waals surface area contributed by atoms with Crippen LogP contribution in [-0.2, 0) is 10.9 Å². The Bertz CT molecular complexity index is 1100. The van der Waals surface area contributed by atoms with Crippen LogP contribution < -0.4 is 10.1 Å². The predicted molar refractivity (Wildman–Crippen MR) is 105 cm³/mol. The Balaban J connectivity index is 1.92. The molecule has 0 unspecified atom stereocenters. The molecule has 3 rings (SSSR count). The van der Waals surface area contributed by atoms with Gasteiger partial charge in [0, 0.05) is 11.9 Å². The normalized spacial score (nSPS) is 11.5. The van der Waals surface area contributed by atoms with Crippen molar-refractivity contribution in [2.24, 2.45) is 0 Å². The number of rotatable bonds is 7. The highest BCUT2D eigenvalue weighted by atomic mass is 32.1. The van der Waals surface area contributed by atoms with Crippen molar-refractivity contribution in [2.45, 2.75) is 26.6 Å². The maximum absolute atomic E-state index is 13.7. The number of carbonyl (C=O) groups excluding carboxylic acids is 1. The third kappa shape index (κ3) is 5.46. The zero-order valence-corrected chi connectivity index (χ0v) is 17.4. The Morgan fingerprint density at radius 1 is 1.19 bits per heavy atom. The monoisotopic (exact) mass is 474 g/mol.